The zero-order chi connectivity index (χ0) is 9.71. The molecule has 0 fully saturated rings. The van der Waals surface area contributed by atoms with Gasteiger partial charge in [-0.05, 0) is 17.7 Å². The van der Waals surface area contributed by atoms with Crippen molar-refractivity contribution in [3.63, 3.8) is 0 Å². The van der Waals surface area contributed by atoms with Gasteiger partial charge in [-0.1, -0.05) is 11.6 Å². The molecule has 1 aromatic heterocycles. The van der Waals surface area contributed by atoms with Crippen LogP contribution < -0.4 is 5.32 Å². The first-order chi connectivity index (χ1) is 6.75. The number of hydrogen-bond acceptors (Lipinski definition) is 1. The fourth-order valence-electron chi connectivity index (χ4n) is 1.89. The largest absolute Gasteiger partial charge is 0.361 e. The van der Waals surface area contributed by atoms with Gasteiger partial charge in [-0.2, -0.15) is 0 Å². The van der Waals surface area contributed by atoms with Crippen molar-refractivity contribution in [1.82, 2.24) is 4.98 Å². The molecule has 1 aromatic carbocycles. The summed E-state index contributed by atoms with van der Waals surface area (Å²) < 4.78 is 0. The number of hydrogen-bond donors (Lipinski definition) is 2. The van der Waals surface area contributed by atoms with Crippen LogP contribution in [0.15, 0.2) is 18.3 Å². The van der Waals surface area contributed by atoms with Crippen LogP contribution in [0.25, 0.3) is 10.9 Å². The number of amides is 1. The lowest BCUT2D eigenvalue weighted by Crippen LogP contribution is -2.18. The van der Waals surface area contributed by atoms with E-state index in [2.05, 4.69) is 10.3 Å². The topological polar surface area (TPSA) is 44.9 Å². The Labute approximate surface area is 85.1 Å². The van der Waals surface area contributed by atoms with Crippen LogP contribution in [0.3, 0.4) is 0 Å². The van der Waals surface area contributed by atoms with Crippen molar-refractivity contribution in [2.75, 3.05) is 5.32 Å². The number of carbonyl (C=O) groups is 1. The summed E-state index contributed by atoms with van der Waals surface area (Å²) in [5.74, 6) is -0.00787. The van der Waals surface area contributed by atoms with Crippen molar-refractivity contribution >= 4 is 34.1 Å². The molecule has 2 heterocycles. The molecule has 1 aliphatic rings. The van der Waals surface area contributed by atoms with Gasteiger partial charge in [0.2, 0.25) is 5.91 Å². The summed E-state index contributed by atoms with van der Waals surface area (Å²) in [4.78, 5) is 14.4. The van der Waals surface area contributed by atoms with E-state index in [0.29, 0.717) is 11.4 Å². The van der Waals surface area contributed by atoms with Gasteiger partial charge in [-0.15, -0.1) is 0 Å². The Morgan fingerprint density at radius 3 is 3.07 bits per heavy atom. The van der Waals surface area contributed by atoms with E-state index in [1.54, 1.807) is 6.07 Å². The number of carbonyl (C=O) groups excluding carboxylic acids is 1. The standard InChI is InChI=1S/C10H7ClN2O/c11-6-1-2-7-9-5(4-12-7)3-8(14)13-10(6)9/h1-2,4,12H,3H2,(H,13,14). The molecule has 3 nitrogen and oxygen atoms in total. The van der Waals surface area contributed by atoms with E-state index >= 15 is 0 Å². The molecule has 70 valence electrons. The van der Waals surface area contributed by atoms with E-state index in [1.807, 2.05) is 12.3 Å². The van der Waals surface area contributed by atoms with E-state index < -0.39 is 0 Å². The highest BCUT2D eigenvalue weighted by Gasteiger charge is 2.20. The maximum Gasteiger partial charge on any atom is 0.228 e. The van der Waals surface area contributed by atoms with Crippen molar-refractivity contribution in [1.29, 1.82) is 0 Å². The SMILES string of the molecule is O=C1Cc2c[nH]c3ccc(Cl)c(c23)N1. The van der Waals surface area contributed by atoms with E-state index in [1.165, 1.54) is 0 Å². The van der Waals surface area contributed by atoms with E-state index in [9.17, 15) is 4.79 Å². The predicted octanol–water partition coefficient (Wildman–Crippen LogP) is 2.32. The first-order valence-electron chi connectivity index (χ1n) is 4.34. The molecule has 1 amide bonds. The molecular formula is C10H7ClN2O. The van der Waals surface area contributed by atoms with Crippen LogP contribution in [0.1, 0.15) is 5.56 Å². The Morgan fingerprint density at radius 1 is 1.36 bits per heavy atom. The normalized spacial score (nSPS) is 14.5. The van der Waals surface area contributed by atoms with Crippen LogP contribution in [0.4, 0.5) is 5.69 Å². The number of benzene rings is 1. The smallest absolute Gasteiger partial charge is 0.228 e. The third kappa shape index (κ3) is 0.902. The summed E-state index contributed by atoms with van der Waals surface area (Å²) in [5, 5.41) is 4.42. The first kappa shape index (κ1) is 7.88. The summed E-state index contributed by atoms with van der Waals surface area (Å²) in [6.45, 7) is 0. The fraction of sp³-hybridized carbons (Fsp3) is 0.100. The van der Waals surface area contributed by atoms with Gasteiger partial charge in [-0.25, -0.2) is 0 Å². The molecule has 2 aromatic rings. The van der Waals surface area contributed by atoms with Crippen molar-refractivity contribution in [2.24, 2.45) is 0 Å². The Hall–Kier alpha value is -1.48. The second kappa shape index (κ2) is 2.51. The van der Waals surface area contributed by atoms with Gasteiger partial charge < -0.3 is 10.3 Å². The monoisotopic (exact) mass is 206 g/mol. The molecule has 0 saturated carbocycles. The van der Waals surface area contributed by atoms with Gasteiger partial charge >= 0.3 is 0 Å². The Kier molecular flexibility index (Phi) is 1.42. The number of anilines is 1. The van der Waals surface area contributed by atoms with Gasteiger partial charge in [0.25, 0.3) is 0 Å². The van der Waals surface area contributed by atoms with Crippen LogP contribution in [0.2, 0.25) is 5.02 Å². The molecule has 0 aliphatic carbocycles. The maximum absolute atomic E-state index is 11.3. The molecule has 0 radical (unpaired) electrons. The number of H-pyrrole nitrogens is 1. The third-order valence-electron chi connectivity index (χ3n) is 2.49. The average Bonchev–Trinajstić information content (AvgIpc) is 2.55. The van der Waals surface area contributed by atoms with Gasteiger partial charge in [-0.3, -0.25) is 4.79 Å². The van der Waals surface area contributed by atoms with Crippen LogP contribution in [-0.2, 0) is 11.2 Å². The molecule has 2 N–H and O–H groups in total. The van der Waals surface area contributed by atoms with Crippen molar-refractivity contribution in [3.8, 4) is 0 Å². The van der Waals surface area contributed by atoms with E-state index in [4.69, 9.17) is 11.6 Å². The minimum atomic E-state index is -0.00787. The average molecular weight is 207 g/mol. The Balaban J connectivity index is 2.46. The summed E-state index contributed by atoms with van der Waals surface area (Å²) in [6.07, 6.45) is 2.29. The molecule has 3 rings (SSSR count). The number of aromatic nitrogens is 1. The summed E-state index contributed by atoms with van der Waals surface area (Å²) >= 11 is 6.00. The minimum absolute atomic E-state index is 0.00787. The Morgan fingerprint density at radius 2 is 2.21 bits per heavy atom. The highest BCUT2D eigenvalue weighted by molar-refractivity contribution is 6.36. The molecule has 0 bridgehead atoms. The van der Waals surface area contributed by atoms with Crippen molar-refractivity contribution < 1.29 is 4.79 Å². The lowest BCUT2D eigenvalue weighted by molar-refractivity contribution is -0.115. The van der Waals surface area contributed by atoms with E-state index in [-0.39, 0.29) is 5.91 Å². The Bertz CT molecular complexity index is 544. The lowest BCUT2D eigenvalue weighted by Gasteiger charge is -2.14. The van der Waals surface area contributed by atoms with Crippen LogP contribution in [0.5, 0.6) is 0 Å². The van der Waals surface area contributed by atoms with Gasteiger partial charge in [0, 0.05) is 17.1 Å². The zero-order valence-electron chi connectivity index (χ0n) is 7.23. The quantitative estimate of drug-likeness (QED) is 0.683. The number of halogens is 1. The molecular weight excluding hydrogens is 200 g/mol. The molecule has 4 heteroatoms. The second-order valence-electron chi connectivity index (χ2n) is 3.38. The minimum Gasteiger partial charge on any atom is -0.361 e. The van der Waals surface area contributed by atoms with Crippen LogP contribution in [0, 0.1) is 0 Å². The maximum atomic E-state index is 11.3. The van der Waals surface area contributed by atoms with Gasteiger partial charge in [0.05, 0.1) is 17.1 Å². The summed E-state index contributed by atoms with van der Waals surface area (Å²) in [7, 11) is 0. The molecule has 0 saturated heterocycles. The first-order valence-corrected chi connectivity index (χ1v) is 4.72. The highest BCUT2D eigenvalue weighted by Crippen LogP contribution is 2.36. The highest BCUT2D eigenvalue weighted by atomic mass is 35.5. The number of nitrogens with one attached hydrogen (secondary N) is 2. The summed E-state index contributed by atoms with van der Waals surface area (Å²) in [6, 6.07) is 3.70. The lowest BCUT2D eigenvalue weighted by atomic mass is 10.0. The molecule has 1 aliphatic heterocycles. The molecule has 0 unspecified atom stereocenters. The van der Waals surface area contributed by atoms with Crippen molar-refractivity contribution in [2.45, 2.75) is 6.42 Å². The fourth-order valence-corrected chi connectivity index (χ4v) is 2.09. The molecule has 0 atom stereocenters. The number of aromatic amines is 1. The predicted molar refractivity (Wildman–Crippen MR) is 55.6 cm³/mol. The molecule has 0 spiro atoms. The van der Waals surface area contributed by atoms with Gasteiger partial charge in [0.1, 0.15) is 0 Å². The van der Waals surface area contributed by atoms with Crippen molar-refractivity contribution in [3.05, 3.63) is 28.9 Å². The summed E-state index contributed by atoms with van der Waals surface area (Å²) in [5.41, 5.74) is 2.76. The van der Waals surface area contributed by atoms with E-state index in [0.717, 1.165) is 22.2 Å². The van der Waals surface area contributed by atoms with Crippen LogP contribution >= 0.6 is 11.6 Å². The third-order valence-corrected chi connectivity index (χ3v) is 2.81. The van der Waals surface area contributed by atoms with Gasteiger partial charge in [0.15, 0.2) is 0 Å². The van der Waals surface area contributed by atoms with Crippen LogP contribution in [-0.4, -0.2) is 10.9 Å². The zero-order valence-corrected chi connectivity index (χ0v) is 7.98. The second-order valence-corrected chi connectivity index (χ2v) is 3.79. The molecule has 14 heavy (non-hydrogen) atoms. The number of rotatable bonds is 0.